The number of halogens is 2. The fourth-order valence-corrected chi connectivity index (χ4v) is 3.13. The van der Waals surface area contributed by atoms with Crippen LogP contribution < -0.4 is 14.2 Å². The number of ether oxygens (including phenoxy) is 3. The number of benzene rings is 1. The Morgan fingerprint density at radius 3 is 2.50 bits per heavy atom. The highest BCUT2D eigenvalue weighted by Gasteiger charge is 2.25. The fourth-order valence-electron chi connectivity index (χ4n) is 2.61. The average Bonchev–Trinajstić information content (AvgIpc) is 2.83. The summed E-state index contributed by atoms with van der Waals surface area (Å²) in [6.07, 6.45) is 3.15. The number of pyridine rings is 1. The standard InChI is InChI=1S/C17H17Cl2NO4/c1-22-15-4-3-10(16-17(15)24-6-2-5-23-16)14(21)7-11-12(18)8-20-9-13(11)19/h3-4,8-9,14,21H,2,5-7H2,1H3. The van der Waals surface area contributed by atoms with E-state index >= 15 is 0 Å². The van der Waals surface area contributed by atoms with E-state index in [1.165, 1.54) is 12.4 Å². The van der Waals surface area contributed by atoms with Gasteiger partial charge in [0.2, 0.25) is 5.75 Å². The lowest BCUT2D eigenvalue weighted by Gasteiger charge is -2.19. The molecule has 1 atom stereocenters. The molecule has 0 radical (unpaired) electrons. The Hall–Kier alpha value is -1.69. The Morgan fingerprint density at radius 2 is 1.83 bits per heavy atom. The SMILES string of the molecule is COc1ccc(C(O)Cc2c(Cl)cncc2Cl)c2c1OCCCO2. The quantitative estimate of drug-likeness (QED) is 0.886. The molecule has 2 heterocycles. The highest BCUT2D eigenvalue weighted by molar-refractivity contribution is 6.35. The Morgan fingerprint density at radius 1 is 1.17 bits per heavy atom. The van der Waals surface area contributed by atoms with E-state index in [4.69, 9.17) is 37.4 Å². The second-order valence-electron chi connectivity index (χ2n) is 5.37. The second kappa shape index (κ2) is 7.47. The molecule has 0 saturated carbocycles. The van der Waals surface area contributed by atoms with E-state index < -0.39 is 6.10 Å². The van der Waals surface area contributed by atoms with Gasteiger partial charge >= 0.3 is 0 Å². The first-order valence-corrected chi connectivity index (χ1v) is 8.29. The maximum atomic E-state index is 10.7. The third kappa shape index (κ3) is 3.38. The molecule has 1 aliphatic rings. The summed E-state index contributed by atoms with van der Waals surface area (Å²) < 4.78 is 16.9. The van der Waals surface area contributed by atoms with Gasteiger partial charge in [0.05, 0.1) is 36.5 Å². The van der Waals surface area contributed by atoms with Crippen molar-refractivity contribution in [2.24, 2.45) is 0 Å². The Labute approximate surface area is 150 Å². The third-order valence-electron chi connectivity index (χ3n) is 3.82. The molecule has 0 fully saturated rings. The minimum absolute atomic E-state index is 0.238. The molecule has 3 rings (SSSR count). The van der Waals surface area contributed by atoms with E-state index in [-0.39, 0.29) is 6.42 Å². The largest absolute Gasteiger partial charge is 0.493 e. The van der Waals surface area contributed by atoms with Crippen molar-refractivity contribution in [3.8, 4) is 17.2 Å². The van der Waals surface area contributed by atoms with Gasteiger partial charge in [0, 0.05) is 30.8 Å². The molecule has 0 amide bonds. The predicted molar refractivity (Wildman–Crippen MR) is 91.5 cm³/mol. The molecule has 1 aromatic carbocycles. The lowest BCUT2D eigenvalue weighted by atomic mass is 10.0. The zero-order chi connectivity index (χ0) is 17.1. The zero-order valence-corrected chi connectivity index (χ0v) is 14.6. The van der Waals surface area contributed by atoms with Crippen molar-refractivity contribution in [1.29, 1.82) is 0 Å². The van der Waals surface area contributed by atoms with Crippen molar-refractivity contribution in [2.75, 3.05) is 20.3 Å². The lowest BCUT2D eigenvalue weighted by molar-refractivity contribution is 0.171. The summed E-state index contributed by atoms with van der Waals surface area (Å²) in [5.41, 5.74) is 1.25. The van der Waals surface area contributed by atoms with Crippen LogP contribution in [0.15, 0.2) is 24.5 Å². The van der Waals surface area contributed by atoms with Gasteiger partial charge in [-0.25, -0.2) is 0 Å². The van der Waals surface area contributed by atoms with Gasteiger partial charge in [-0.05, 0) is 17.7 Å². The van der Waals surface area contributed by atoms with Gasteiger partial charge in [-0.2, -0.15) is 0 Å². The number of rotatable bonds is 4. The maximum Gasteiger partial charge on any atom is 0.203 e. The molecule has 0 saturated heterocycles. The van der Waals surface area contributed by atoms with E-state index in [0.29, 0.717) is 51.6 Å². The van der Waals surface area contributed by atoms with Gasteiger partial charge in [0.15, 0.2) is 11.5 Å². The molecular formula is C17H17Cl2NO4. The number of hydrogen-bond donors (Lipinski definition) is 1. The van der Waals surface area contributed by atoms with Crippen molar-refractivity contribution < 1.29 is 19.3 Å². The van der Waals surface area contributed by atoms with Crippen LogP contribution >= 0.6 is 23.2 Å². The fraction of sp³-hybridized carbons (Fsp3) is 0.353. The first-order valence-electron chi connectivity index (χ1n) is 7.54. The van der Waals surface area contributed by atoms with Crippen LogP contribution in [0.25, 0.3) is 0 Å². The summed E-state index contributed by atoms with van der Waals surface area (Å²) in [4.78, 5) is 3.92. The van der Waals surface area contributed by atoms with Gasteiger partial charge in [0.1, 0.15) is 0 Å². The summed E-state index contributed by atoms with van der Waals surface area (Å²) in [6, 6.07) is 3.52. The Balaban J connectivity index is 1.97. The van der Waals surface area contributed by atoms with E-state index in [9.17, 15) is 5.11 Å². The molecular weight excluding hydrogens is 353 g/mol. The number of nitrogens with zero attached hydrogens (tertiary/aromatic N) is 1. The van der Waals surface area contributed by atoms with Gasteiger partial charge in [-0.15, -0.1) is 0 Å². The minimum Gasteiger partial charge on any atom is -0.493 e. The van der Waals surface area contributed by atoms with Gasteiger partial charge < -0.3 is 19.3 Å². The smallest absolute Gasteiger partial charge is 0.203 e. The minimum atomic E-state index is -0.858. The highest BCUT2D eigenvalue weighted by Crippen LogP contribution is 2.44. The van der Waals surface area contributed by atoms with Gasteiger partial charge in [-0.3, -0.25) is 4.98 Å². The topological polar surface area (TPSA) is 60.8 Å². The first-order chi connectivity index (χ1) is 11.6. The van der Waals surface area contributed by atoms with E-state index in [0.717, 1.165) is 6.42 Å². The summed E-state index contributed by atoms with van der Waals surface area (Å²) in [5.74, 6) is 1.59. The molecule has 128 valence electrons. The second-order valence-corrected chi connectivity index (χ2v) is 6.18. The molecule has 7 heteroatoms. The zero-order valence-electron chi connectivity index (χ0n) is 13.1. The molecule has 0 aliphatic carbocycles. The molecule has 24 heavy (non-hydrogen) atoms. The normalized spacial score (nSPS) is 14.8. The van der Waals surface area contributed by atoms with Crippen LogP contribution in [0.5, 0.6) is 17.2 Å². The van der Waals surface area contributed by atoms with Crippen LogP contribution in [0.3, 0.4) is 0 Å². The van der Waals surface area contributed by atoms with Crippen molar-refractivity contribution in [3.63, 3.8) is 0 Å². The maximum absolute atomic E-state index is 10.7. The van der Waals surface area contributed by atoms with Crippen LogP contribution in [0.1, 0.15) is 23.7 Å². The van der Waals surface area contributed by atoms with Crippen LogP contribution in [0.2, 0.25) is 10.0 Å². The van der Waals surface area contributed by atoms with E-state index in [1.807, 2.05) is 0 Å². The Bertz CT molecular complexity index is 719. The average molecular weight is 370 g/mol. The molecule has 2 aromatic rings. The molecule has 5 nitrogen and oxygen atoms in total. The predicted octanol–water partition coefficient (Wildman–Crippen LogP) is 3.83. The summed E-state index contributed by atoms with van der Waals surface area (Å²) in [5, 5.41) is 11.6. The van der Waals surface area contributed by atoms with Crippen molar-refractivity contribution >= 4 is 23.2 Å². The monoisotopic (exact) mass is 369 g/mol. The number of fused-ring (bicyclic) bond motifs is 1. The Kier molecular flexibility index (Phi) is 5.33. The molecule has 1 aromatic heterocycles. The third-order valence-corrected chi connectivity index (χ3v) is 4.47. The first kappa shape index (κ1) is 17.1. The molecule has 1 aliphatic heterocycles. The molecule has 1 N–H and O–H groups in total. The van der Waals surface area contributed by atoms with Crippen molar-refractivity contribution in [1.82, 2.24) is 4.98 Å². The van der Waals surface area contributed by atoms with E-state index in [1.54, 1.807) is 19.2 Å². The van der Waals surface area contributed by atoms with Crippen LogP contribution in [0, 0.1) is 0 Å². The summed E-state index contributed by atoms with van der Waals surface area (Å²) >= 11 is 12.3. The number of aromatic nitrogens is 1. The van der Waals surface area contributed by atoms with Crippen LogP contribution in [0.4, 0.5) is 0 Å². The van der Waals surface area contributed by atoms with Gasteiger partial charge in [-0.1, -0.05) is 23.2 Å². The number of hydrogen-bond acceptors (Lipinski definition) is 5. The van der Waals surface area contributed by atoms with Crippen LogP contribution in [-0.4, -0.2) is 30.4 Å². The number of aliphatic hydroxyl groups excluding tert-OH is 1. The summed E-state index contributed by atoms with van der Waals surface area (Å²) in [6.45, 7) is 1.04. The number of aliphatic hydroxyl groups is 1. The van der Waals surface area contributed by atoms with Gasteiger partial charge in [0.25, 0.3) is 0 Å². The number of methoxy groups -OCH3 is 1. The summed E-state index contributed by atoms with van der Waals surface area (Å²) in [7, 11) is 1.57. The van der Waals surface area contributed by atoms with Crippen molar-refractivity contribution in [2.45, 2.75) is 18.9 Å². The van der Waals surface area contributed by atoms with E-state index in [2.05, 4.69) is 4.98 Å². The molecule has 0 bridgehead atoms. The lowest BCUT2D eigenvalue weighted by Crippen LogP contribution is -2.07. The van der Waals surface area contributed by atoms with Crippen molar-refractivity contribution in [3.05, 3.63) is 45.7 Å². The molecule has 1 unspecified atom stereocenters. The van der Waals surface area contributed by atoms with Crippen LogP contribution in [-0.2, 0) is 6.42 Å². The molecule has 0 spiro atoms. The highest BCUT2D eigenvalue weighted by atomic mass is 35.5.